The fourth-order valence-electron chi connectivity index (χ4n) is 0.663. The first-order chi connectivity index (χ1) is 7.41. The van der Waals surface area contributed by atoms with Gasteiger partial charge in [-0.1, -0.05) is 41.6 Å². The average Bonchev–Trinajstić information content (AvgIpc) is 1.95. The lowest BCUT2D eigenvalue weighted by atomic mass is 10.2. The maximum atomic E-state index is 11.2. The molecule has 0 saturated carbocycles. The molecule has 0 spiro atoms. The van der Waals surface area contributed by atoms with Crippen molar-refractivity contribution in [3.8, 4) is 0 Å². The molecule has 0 unspecified atom stereocenters. The summed E-state index contributed by atoms with van der Waals surface area (Å²) in [6, 6.07) is 0. The van der Waals surface area contributed by atoms with Crippen molar-refractivity contribution in [2.24, 2.45) is 35.1 Å². The van der Waals surface area contributed by atoms with Crippen LogP contribution in [0.2, 0.25) is 0 Å². The Kier molecular flexibility index (Phi) is 4.63. The number of nitrogens with zero attached hydrogens (tertiary/aromatic N) is 2. The number of rotatable bonds is 5. The van der Waals surface area contributed by atoms with E-state index in [2.05, 4.69) is 16.3 Å². The fraction of sp³-hybridized carbons (Fsp3) is 0.200. The molecule has 0 aliphatic heterocycles. The molecule has 17 heavy (non-hydrogen) atoms. The van der Waals surface area contributed by atoms with E-state index in [9.17, 15) is 9.59 Å². The van der Waals surface area contributed by atoms with Gasteiger partial charge < -0.3 is 0 Å². The summed E-state index contributed by atoms with van der Waals surface area (Å²) in [5.41, 5.74) is -0.327. The summed E-state index contributed by atoms with van der Waals surface area (Å²) in [5, 5.41) is 0. The Hall–Kier alpha value is -1.64. The molecule has 12 nitrogen and oxygen atoms in total. The van der Waals surface area contributed by atoms with E-state index in [4.69, 9.17) is 35.1 Å². The van der Waals surface area contributed by atoms with Gasteiger partial charge >= 0.3 is 11.9 Å². The summed E-state index contributed by atoms with van der Waals surface area (Å²) in [4.78, 5) is 27.7. The monoisotopic (exact) mass is 252 g/mol. The Morgan fingerprint density at radius 3 is 1.71 bits per heavy atom. The molecule has 0 rings (SSSR count). The topological polar surface area (TPSA) is 209 Å². The average molecular weight is 252 g/mol. The highest BCUT2D eigenvalue weighted by Crippen LogP contribution is 2.04. The molecule has 98 valence electrons. The van der Waals surface area contributed by atoms with Crippen LogP contribution in [0.1, 0.15) is 6.42 Å². The SMILES string of the molecule is C=C(CC(=O)O[N+](N)(N)N)C(=O)O[N+](N)(N)N. The molecule has 0 aromatic carbocycles. The lowest BCUT2D eigenvalue weighted by molar-refractivity contribution is -1.12. The Balaban J connectivity index is 4.28. The molecule has 0 aliphatic rings. The van der Waals surface area contributed by atoms with Crippen molar-refractivity contribution in [1.82, 2.24) is 0 Å². The van der Waals surface area contributed by atoms with E-state index in [1.807, 2.05) is 0 Å². The van der Waals surface area contributed by atoms with Crippen LogP contribution in [-0.2, 0) is 19.3 Å². The maximum Gasteiger partial charge on any atom is 0.401 e. The molecule has 0 aromatic rings. The smallest absolute Gasteiger partial charge is 0.245 e. The Morgan fingerprint density at radius 1 is 0.941 bits per heavy atom. The second-order valence-corrected chi connectivity index (χ2v) is 3.15. The molecule has 12 N–H and O–H groups in total. The predicted octanol–water partition coefficient (Wildman–Crippen LogP) is -4.28. The van der Waals surface area contributed by atoms with Gasteiger partial charge in [0.25, 0.3) is 0 Å². The van der Waals surface area contributed by atoms with Gasteiger partial charge in [0.1, 0.15) is 0 Å². The molecule has 0 saturated heterocycles. The molecular weight excluding hydrogens is 236 g/mol. The van der Waals surface area contributed by atoms with Crippen LogP contribution in [-0.4, -0.2) is 21.9 Å². The third-order valence-electron chi connectivity index (χ3n) is 1.15. The van der Waals surface area contributed by atoms with Gasteiger partial charge in [-0.2, -0.15) is 0 Å². The first-order valence-corrected chi connectivity index (χ1v) is 4.04. The minimum absolute atomic E-state index is 0.327. The molecular formula is C5H16N8O4+2. The van der Waals surface area contributed by atoms with Crippen LogP contribution in [0.4, 0.5) is 0 Å². The second kappa shape index (κ2) is 5.13. The zero-order chi connectivity index (χ0) is 13.9. The quantitative estimate of drug-likeness (QED) is 0.120. The van der Waals surface area contributed by atoms with E-state index < -0.39 is 28.3 Å². The highest BCUT2D eigenvalue weighted by atomic mass is 16.8. The number of quaternary nitrogens is 2. The zero-order valence-electron chi connectivity index (χ0n) is 8.91. The van der Waals surface area contributed by atoms with Gasteiger partial charge in [0, 0.05) is 5.57 Å². The molecule has 12 heteroatoms. The third kappa shape index (κ3) is 8.20. The predicted molar refractivity (Wildman–Crippen MR) is 51.6 cm³/mol. The van der Waals surface area contributed by atoms with Gasteiger partial charge in [-0.25, -0.2) is 19.3 Å². The number of carbonyl (C=O) groups excluding carboxylic acids is 2. The minimum Gasteiger partial charge on any atom is -0.245 e. The Labute approximate surface area is 95.8 Å². The van der Waals surface area contributed by atoms with Gasteiger partial charge in [-0.05, 0) is 0 Å². The van der Waals surface area contributed by atoms with Crippen molar-refractivity contribution >= 4 is 11.9 Å². The lowest BCUT2D eigenvalue weighted by Gasteiger charge is -2.17. The van der Waals surface area contributed by atoms with E-state index in [1.165, 1.54) is 0 Å². The largest absolute Gasteiger partial charge is 0.401 e. The van der Waals surface area contributed by atoms with Gasteiger partial charge in [-0.15, -0.1) is 0 Å². The summed E-state index contributed by atoms with van der Waals surface area (Å²) >= 11 is 0. The van der Waals surface area contributed by atoms with Crippen LogP contribution in [0.5, 0.6) is 0 Å². The summed E-state index contributed by atoms with van der Waals surface area (Å²) in [7, 11) is 0. The van der Waals surface area contributed by atoms with Crippen molar-refractivity contribution in [2.75, 3.05) is 0 Å². The minimum atomic E-state index is -1.56. The zero-order valence-corrected chi connectivity index (χ0v) is 8.91. The van der Waals surface area contributed by atoms with Crippen molar-refractivity contribution in [1.29, 1.82) is 0 Å². The lowest BCUT2D eigenvalue weighted by Crippen LogP contribution is -2.67. The number of nitrogens with two attached hydrogens (primary N) is 6. The van der Waals surface area contributed by atoms with Crippen LogP contribution >= 0.6 is 0 Å². The van der Waals surface area contributed by atoms with Crippen molar-refractivity contribution in [2.45, 2.75) is 6.42 Å². The Bertz CT molecular complexity index is 328. The molecule has 0 bridgehead atoms. The van der Waals surface area contributed by atoms with E-state index in [0.29, 0.717) is 0 Å². The summed E-state index contributed by atoms with van der Waals surface area (Å²) in [5.74, 6) is 27.5. The van der Waals surface area contributed by atoms with Gasteiger partial charge in [0.15, 0.2) is 0 Å². The van der Waals surface area contributed by atoms with Crippen molar-refractivity contribution in [3.05, 3.63) is 12.2 Å². The van der Waals surface area contributed by atoms with Crippen molar-refractivity contribution < 1.29 is 29.2 Å². The third-order valence-corrected chi connectivity index (χ3v) is 1.15. The first kappa shape index (κ1) is 15.4. The fourth-order valence-corrected chi connectivity index (χ4v) is 0.663. The maximum absolute atomic E-state index is 11.2. The van der Waals surface area contributed by atoms with Gasteiger partial charge in [0.2, 0.25) is 0 Å². The summed E-state index contributed by atoms with van der Waals surface area (Å²) < 4.78 is 0. The number of carbonyl (C=O) groups is 2. The van der Waals surface area contributed by atoms with E-state index in [1.54, 1.807) is 0 Å². The first-order valence-electron chi connectivity index (χ1n) is 4.04. The molecule has 0 aromatic heterocycles. The molecule has 0 fully saturated rings. The van der Waals surface area contributed by atoms with Crippen LogP contribution in [0.3, 0.4) is 0 Å². The molecule has 0 amide bonds. The normalized spacial score (nSPS) is 11.9. The van der Waals surface area contributed by atoms with Gasteiger partial charge in [0.05, 0.1) is 16.4 Å². The summed E-state index contributed by atoms with van der Waals surface area (Å²) in [6.07, 6.45) is -0.579. The van der Waals surface area contributed by atoms with Crippen LogP contribution in [0, 0.1) is 0 Å². The van der Waals surface area contributed by atoms with Crippen LogP contribution in [0.25, 0.3) is 0 Å². The van der Waals surface area contributed by atoms with E-state index in [0.717, 1.165) is 0 Å². The van der Waals surface area contributed by atoms with Gasteiger partial charge in [-0.3, -0.25) is 0 Å². The standard InChI is InChI=1S/C5H16N8O4/c1-3(5(15)17-13(9,10)11)2-4(14)16-12(6,7)8/h1-2,6-11H2/q+2. The highest BCUT2D eigenvalue weighted by molar-refractivity contribution is 5.92. The number of hydrogen-bond donors (Lipinski definition) is 6. The Morgan fingerprint density at radius 2 is 1.35 bits per heavy atom. The highest BCUT2D eigenvalue weighted by Gasteiger charge is 2.27. The molecule has 0 radical (unpaired) electrons. The van der Waals surface area contributed by atoms with Crippen LogP contribution < -0.4 is 35.1 Å². The van der Waals surface area contributed by atoms with Crippen LogP contribution in [0.15, 0.2) is 12.2 Å². The van der Waals surface area contributed by atoms with E-state index in [-0.39, 0.29) is 5.57 Å². The van der Waals surface area contributed by atoms with E-state index >= 15 is 0 Å². The number of hydrogen-bond acceptors (Lipinski definition) is 10. The summed E-state index contributed by atoms with van der Waals surface area (Å²) in [6.45, 7) is 3.23. The second-order valence-electron chi connectivity index (χ2n) is 3.15. The molecule has 0 aliphatic carbocycles. The molecule has 0 heterocycles. The van der Waals surface area contributed by atoms with Crippen molar-refractivity contribution in [3.63, 3.8) is 0 Å². The molecule has 0 atom stereocenters.